The Morgan fingerprint density at radius 2 is 1.80 bits per heavy atom. The molecule has 0 saturated carbocycles. The van der Waals surface area contributed by atoms with E-state index in [0.29, 0.717) is 6.54 Å². The first-order chi connectivity index (χ1) is 14.1. The van der Waals surface area contributed by atoms with Crippen LogP contribution < -0.4 is 20.9 Å². The molecular formula is C21H21N3O5S. The number of sulfonamides is 1. The van der Waals surface area contributed by atoms with Crippen LogP contribution in [0.2, 0.25) is 0 Å². The van der Waals surface area contributed by atoms with Crippen molar-refractivity contribution in [3.05, 3.63) is 77.4 Å². The largest absolute Gasteiger partial charge is 0.478 e. The number of nitrogens with one attached hydrogen (secondary N) is 1. The molecule has 0 aliphatic heterocycles. The van der Waals surface area contributed by atoms with E-state index in [0.717, 1.165) is 17.2 Å². The van der Waals surface area contributed by atoms with Crippen LogP contribution in [0.1, 0.15) is 21.5 Å². The van der Waals surface area contributed by atoms with Crippen molar-refractivity contribution in [2.75, 3.05) is 11.1 Å². The summed E-state index contributed by atoms with van der Waals surface area (Å²) in [7, 11) is -4.31. The maximum Gasteiger partial charge on any atom is 0.335 e. The zero-order chi connectivity index (χ0) is 21.9. The van der Waals surface area contributed by atoms with E-state index < -0.39 is 20.9 Å². The van der Waals surface area contributed by atoms with Gasteiger partial charge in [-0.25, -0.2) is 18.4 Å². The van der Waals surface area contributed by atoms with Crippen LogP contribution in [0.3, 0.4) is 0 Å². The standard InChI is InChI=1S/C21H21N3O5S/c1-13-7-8-16(22)18(9-13)29-20-17(24-12-14-5-3-2-4-6-14)10-15(21(25)26)11-19(20)30(23,27)28/h2-11,24H,12,22H2,1H3,(H,25,26)(H2,23,27,28). The normalized spacial score (nSPS) is 11.1. The van der Waals surface area contributed by atoms with Gasteiger partial charge in [-0.3, -0.25) is 0 Å². The predicted octanol–water partition coefficient (Wildman–Crippen LogP) is 3.33. The third-order valence-electron chi connectivity index (χ3n) is 4.32. The van der Waals surface area contributed by atoms with Gasteiger partial charge in [0.05, 0.1) is 16.9 Å². The van der Waals surface area contributed by atoms with Gasteiger partial charge in [-0.1, -0.05) is 36.4 Å². The zero-order valence-electron chi connectivity index (χ0n) is 16.1. The van der Waals surface area contributed by atoms with Gasteiger partial charge in [-0.2, -0.15) is 0 Å². The Labute approximate surface area is 174 Å². The average Bonchev–Trinajstić information content (AvgIpc) is 2.69. The van der Waals surface area contributed by atoms with E-state index in [2.05, 4.69) is 5.32 Å². The summed E-state index contributed by atoms with van der Waals surface area (Å²) in [4.78, 5) is 11.1. The van der Waals surface area contributed by atoms with E-state index in [1.54, 1.807) is 18.2 Å². The number of nitrogen functional groups attached to an aromatic ring is 1. The maximum absolute atomic E-state index is 12.2. The summed E-state index contributed by atoms with van der Waals surface area (Å²) in [5, 5.41) is 17.8. The highest BCUT2D eigenvalue weighted by Crippen LogP contribution is 2.39. The second kappa shape index (κ2) is 8.44. The molecule has 3 aromatic carbocycles. The van der Waals surface area contributed by atoms with Crippen LogP contribution in [-0.4, -0.2) is 19.5 Å². The van der Waals surface area contributed by atoms with Crippen molar-refractivity contribution in [3.63, 3.8) is 0 Å². The molecule has 0 aromatic heterocycles. The van der Waals surface area contributed by atoms with Crippen LogP contribution in [0.25, 0.3) is 0 Å². The Hall–Kier alpha value is -3.56. The van der Waals surface area contributed by atoms with Gasteiger partial charge in [0.2, 0.25) is 10.0 Å². The lowest BCUT2D eigenvalue weighted by atomic mass is 10.1. The first kappa shape index (κ1) is 21.2. The van der Waals surface area contributed by atoms with Crippen molar-refractivity contribution in [3.8, 4) is 11.5 Å². The molecule has 0 amide bonds. The highest BCUT2D eigenvalue weighted by molar-refractivity contribution is 7.89. The molecule has 3 rings (SSSR count). The smallest absolute Gasteiger partial charge is 0.335 e. The number of ether oxygens (including phenoxy) is 1. The molecule has 0 aliphatic carbocycles. The highest BCUT2D eigenvalue weighted by atomic mass is 32.2. The Kier molecular flexibility index (Phi) is 5.95. The van der Waals surface area contributed by atoms with Gasteiger partial charge < -0.3 is 20.9 Å². The summed E-state index contributed by atoms with van der Waals surface area (Å²) in [6, 6.07) is 16.6. The number of carboxylic acids is 1. The molecule has 8 nitrogen and oxygen atoms in total. The minimum atomic E-state index is -4.31. The Balaban J connectivity index is 2.14. The number of aromatic carboxylic acids is 1. The summed E-state index contributed by atoms with van der Waals surface area (Å²) in [5.74, 6) is -1.20. The van der Waals surface area contributed by atoms with Crippen molar-refractivity contribution in [2.24, 2.45) is 5.14 Å². The molecule has 0 heterocycles. The molecule has 0 aliphatic rings. The van der Waals surface area contributed by atoms with Crippen LogP contribution in [0, 0.1) is 6.92 Å². The Morgan fingerprint density at radius 1 is 1.10 bits per heavy atom. The van der Waals surface area contributed by atoms with Gasteiger partial charge in [0.1, 0.15) is 4.90 Å². The number of hydrogen-bond acceptors (Lipinski definition) is 6. The molecule has 9 heteroatoms. The maximum atomic E-state index is 12.2. The fraction of sp³-hybridized carbons (Fsp3) is 0.0952. The van der Waals surface area contributed by atoms with Crippen LogP contribution >= 0.6 is 0 Å². The minimum Gasteiger partial charge on any atom is -0.478 e. The number of benzene rings is 3. The van der Waals surface area contributed by atoms with E-state index >= 15 is 0 Å². The van der Waals surface area contributed by atoms with Crippen molar-refractivity contribution < 1.29 is 23.1 Å². The van der Waals surface area contributed by atoms with Gasteiger partial charge in [-0.05, 0) is 42.3 Å². The lowest BCUT2D eigenvalue weighted by molar-refractivity contribution is 0.0696. The highest BCUT2D eigenvalue weighted by Gasteiger charge is 2.24. The van der Waals surface area contributed by atoms with Gasteiger partial charge >= 0.3 is 5.97 Å². The second-order valence-corrected chi connectivity index (χ2v) is 8.21. The lowest BCUT2D eigenvalue weighted by Crippen LogP contribution is -2.16. The van der Waals surface area contributed by atoms with E-state index in [1.807, 2.05) is 37.3 Å². The molecule has 0 unspecified atom stereocenters. The van der Waals surface area contributed by atoms with Crippen LogP contribution in [-0.2, 0) is 16.6 Å². The molecule has 0 fully saturated rings. The number of anilines is 2. The number of primary sulfonamides is 1. The third-order valence-corrected chi connectivity index (χ3v) is 5.23. The minimum absolute atomic E-state index is 0.129. The Bertz CT molecular complexity index is 1190. The SMILES string of the molecule is Cc1ccc(N)c(Oc2c(NCc3ccccc3)cc(C(=O)O)cc2S(N)(=O)=O)c1. The monoisotopic (exact) mass is 427 g/mol. The zero-order valence-corrected chi connectivity index (χ0v) is 16.9. The molecule has 30 heavy (non-hydrogen) atoms. The fourth-order valence-electron chi connectivity index (χ4n) is 2.81. The Morgan fingerprint density at radius 3 is 2.43 bits per heavy atom. The van der Waals surface area contributed by atoms with Crippen LogP contribution in [0.4, 0.5) is 11.4 Å². The quantitative estimate of drug-likeness (QED) is 0.423. The third kappa shape index (κ3) is 4.88. The van der Waals surface area contributed by atoms with Gasteiger partial charge in [0.25, 0.3) is 0 Å². The van der Waals surface area contributed by atoms with Crippen LogP contribution in [0.15, 0.2) is 65.6 Å². The number of hydrogen-bond donors (Lipinski definition) is 4. The van der Waals surface area contributed by atoms with E-state index in [4.69, 9.17) is 15.6 Å². The molecule has 3 aromatic rings. The van der Waals surface area contributed by atoms with Gasteiger partial charge in [-0.15, -0.1) is 0 Å². The van der Waals surface area contributed by atoms with E-state index in [9.17, 15) is 18.3 Å². The number of aryl methyl sites for hydroxylation is 1. The molecule has 0 bridgehead atoms. The van der Waals surface area contributed by atoms with Gasteiger partial charge in [0, 0.05) is 6.54 Å². The second-order valence-electron chi connectivity index (χ2n) is 6.68. The molecule has 0 atom stereocenters. The number of nitrogens with two attached hydrogens (primary N) is 2. The average molecular weight is 427 g/mol. The summed E-state index contributed by atoms with van der Waals surface area (Å²) in [5.41, 5.74) is 7.91. The van der Waals surface area contributed by atoms with Crippen molar-refractivity contribution >= 4 is 27.4 Å². The number of carbonyl (C=O) groups is 1. The summed E-state index contributed by atoms with van der Waals surface area (Å²) >= 11 is 0. The number of rotatable bonds is 7. The van der Waals surface area contributed by atoms with E-state index in [-0.39, 0.29) is 28.4 Å². The topological polar surface area (TPSA) is 145 Å². The summed E-state index contributed by atoms with van der Waals surface area (Å²) < 4.78 is 30.3. The fourth-order valence-corrected chi connectivity index (χ4v) is 3.51. The molecule has 0 radical (unpaired) electrons. The summed E-state index contributed by atoms with van der Waals surface area (Å²) in [6.45, 7) is 2.13. The first-order valence-electron chi connectivity index (χ1n) is 8.91. The van der Waals surface area contributed by atoms with E-state index in [1.165, 1.54) is 6.07 Å². The molecular weight excluding hydrogens is 406 g/mol. The summed E-state index contributed by atoms with van der Waals surface area (Å²) in [6.07, 6.45) is 0. The molecule has 0 saturated heterocycles. The van der Waals surface area contributed by atoms with Crippen molar-refractivity contribution in [2.45, 2.75) is 18.4 Å². The van der Waals surface area contributed by atoms with Crippen molar-refractivity contribution in [1.82, 2.24) is 0 Å². The lowest BCUT2D eigenvalue weighted by Gasteiger charge is -2.18. The van der Waals surface area contributed by atoms with Crippen molar-refractivity contribution in [1.29, 1.82) is 0 Å². The first-order valence-corrected chi connectivity index (χ1v) is 10.5. The number of carboxylic acid groups (broad SMARTS) is 1. The predicted molar refractivity (Wildman–Crippen MR) is 114 cm³/mol. The molecule has 156 valence electrons. The molecule has 0 spiro atoms. The molecule has 6 N–H and O–H groups in total. The van der Waals surface area contributed by atoms with Crippen LogP contribution in [0.5, 0.6) is 11.5 Å². The van der Waals surface area contributed by atoms with Gasteiger partial charge in [0.15, 0.2) is 11.5 Å².